The van der Waals surface area contributed by atoms with Crippen molar-refractivity contribution in [3.05, 3.63) is 102 Å². The molecule has 8 nitrogen and oxygen atoms in total. The van der Waals surface area contributed by atoms with E-state index >= 15 is 0 Å². The Morgan fingerprint density at radius 2 is 1.70 bits per heavy atom. The molecule has 148 valence electrons. The molecule has 30 heavy (non-hydrogen) atoms. The lowest BCUT2D eigenvalue weighted by Gasteiger charge is -2.12. The predicted molar refractivity (Wildman–Crippen MR) is 112 cm³/mol. The van der Waals surface area contributed by atoms with Gasteiger partial charge >= 0.3 is 0 Å². The third-order valence-corrected chi connectivity index (χ3v) is 4.37. The van der Waals surface area contributed by atoms with Crippen LogP contribution < -0.4 is 10.6 Å². The first-order chi connectivity index (χ1) is 14.7. The predicted octanol–water partition coefficient (Wildman–Crippen LogP) is 3.23. The van der Waals surface area contributed by atoms with Crippen molar-refractivity contribution in [1.29, 1.82) is 0 Å². The second-order valence-corrected chi connectivity index (χ2v) is 6.48. The highest BCUT2D eigenvalue weighted by atomic mass is 16.2. The summed E-state index contributed by atoms with van der Waals surface area (Å²) in [6, 6.07) is 17.6. The van der Waals surface area contributed by atoms with E-state index in [1.54, 1.807) is 53.6 Å². The molecule has 0 unspecified atom stereocenters. The lowest BCUT2D eigenvalue weighted by atomic mass is 10.1. The van der Waals surface area contributed by atoms with Crippen molar-refractivity contribution in [2.45, 2.75) is 6.54 Å². The zero-order valence-electron chi connectivity index (χ0n) is 15.9. The number of benzene rings is 2. The number of rotatable bonds is 6. The van der Waals surface area contributed by atoms with Crippen LogP contribution in [0.4, 0.5) is 11.4 Å². The minimum absolute atomic E-state index is 0.279. The van der Waals surface area contributed by atoms with Crippen LogP contribution in [0, 0.1) is 0 Å². The van der Waals surface area contributed by atoms with E-state index in [1.807, 2.05) is 24.3 Å². The van der Waals surface area contributed by atoms with Crippen LogP contribution >= 0.6 is 0 Å². The van der Waals surface area contributed by atoms with Crippen molar-refractivity contribution in [1.82, 2.24) is 19.7 Å². The maximum absolute atomic E-state index is 12.8. The number of carbonyl (C=O) groups excluding carboxylic acids is 2. The number of pyridine rings is 1. The van der Waals surface area contributed by atoms with E-state index in [0.29, 0.717) is 29.0 Å². The van der Waals surface area contributed by atoms with Gasteiger partial charge in [-0.1, -0.05) is 24.3 Å². The highest BCUT2D eigenvalue weighted by Gasteiger charge is 2.12. The molecule has 2 aromatic carbocycles. The fourth-order valence-corrected chi connectivity index (χ4v) is 2.90. The minimum Gasteiger partial charge on any atom is -0.322 e. The summed E-state index contributed by atoms with van der Waals surface area (Å²) < 4.78 is 1.68. The smallest absolute Gasteiger partial charge is 0.257 e. The van der Waals surface area contributed by atoms with Gasteiger partial charge in [0.2, 0.25) is 0 Å². The molecule has 2 N–H and O–H groups in total. The van der Waals surface area contributed by atoms with Gasteiger partial charge < -0.3 is 10.6 Å². The topological polar surface area (TPSA) is 102 Å². The molecule has 0 aliphatic heterocycles. The molecule has 2 aromatic heterocycles. The van der Waals surface area contributed by atoms with Crippen LogP contribution in [0.3, 0.4) is 0 Å². The Balaban J connectivity index is 1.48. The molecule has 4 rings (SSSR count). The normalized spacial score (nSPS) is 10.4. The number of anilines is 2. The molecule has 0 saturated carbocycles. The Kier molecular flexibility index (Phi) is 5.56. The van der Waals surface area contributed by atoms with Gasteiger partial charge in [0.25, 0.3) is 11.8 Å². The number of hydrogen-bond acceptors (Lipinski definition) is 5. The number of nitrogens with one attached hydrogen (secondary N) is 2. The number of hydrogen-bond donors (Lipinski definition) is 2. The molecule has 0 aliphatic carbocycles. The van der Waals surface area contributed by atoms with Gasteiger partial charge in [-0.3, -0.25) is 14.6 Å². The van der Waals surface area contributed by atoms with Crippen molar-refractivity contribution in [2.75, 3.05) is 10.6 Å². The fraction of sp³-hybridized carbons (Fsp3) is 0.0455. The van der Waals surface area contributed by atoms with Gasteiger partial charge in [-0.05, 0) is 42.0 Å². The molecule has 4 aromatic rings. The molecule has 2 heterocycles. The number of para-hydroxylation sites is 1. The van der Waals surface area contributed by atoms with Crippen LogP contribution in [-0.2, 0) is 6.54 Å². The Morgan fingerprint density at radius 1 is 0.867 bits per heavy atom. The third kappa shape index (κ3) is 4.56. The van der Waals surface area contributed by atoms with E-state index in [4.69, 9.17) is 0 Å². The Hall–Kier alpha value is -4.33. The zero-order chi connectivity index (χ0) is 20.8. The number of carbonyl (C=O) groups is 2. The fourth-order valence-electron chi connectivity index (χ4n) is 2.90. The van der Waals surface area contributed by atoms with Crippen molar-refractivity contribution >= 4 is 23.2 Å². The molecular weight excluding hydrogens is 380 g/mol. The lowest BCUT2D eigenvalue weighted by Crippen LogP contribution is -2.16. The monoisotopic (exact) mass is 398 g/mol. The number of aromatic nitrogens is 4. The summed E-state index contributed by atoms with van der Waals surface area (Å²) in [5, 5.41) is 9.81. The van der Waals surface area contributed by atoms with Gasteiger partial charge in [-0.2, -0.15) is 5.10 Å². The van der Waals surface area contributed by atoms with Crippen LogP contribution in [0.2, 0.25) is 0 Å². The van der Waals surface area contributed by atoms with Crippen molar-refractivity contribution < 1.29 is 9.59 Å². The summed E-state index contributed by atoms with van der Waals surface area (Å²) in [6.45, 7) is 0.484. The summed E-state index contributed by atoms with van der Waals surface area (Å²) in [5.41, 5.74) is 2.97. The van der Waals surface area contributed by atoms with Gasteiger partial charge in [0, 0.05) is 29.3 Å². The van der Waals surface area contributed by atoms with Crippen LogP contribution in [-0.4, -0.2) is 31.6 Å². The summed E-state index contributed by atoms with van der Waals surface area (Å²) >= 11 is 0. The molecular formula is C22H18N6O2. The maximum Gasteiger partial charge on any atom is 0.257 e. The number of nitrogens with zero attached hydrogens (tertiary/aromatic N) is 4. The minimum atomic E-state index is -0.293. The Morgan fingerprint density at radius 3 is 2.50 bits per heavy atom. The average molecular weight is 398 g/mol. The third-order valence-electron chi connectivity index (χ3n) is 4.37. The van der Waals surface area contributed by atoms with E-state index in [-0.39, 0.29) is 11.8 Å². The lowest BCUT2D eigenvalue weighted by molar-refractivity contribution is 0.101. The van der Waals surface area contributed by atoms with Crippen molar-refractivity contribution in [2.24, 2.45) is 0 Å². The maximum atomic E-state index is 12.8. The van der Waals surface area contributed by atoms with E-state index in [2.05, 4.69) is 25.7 Å². The van der Waals surface area contributed by atoms with Crippen molar-refractivity contribution in [3.8, 4) is 0 Å². The second-order valence-electron chi connectivity index (χ2n) is 6.48. The van der Waals surface area contributed by atoms with Crippen molar-refractivity contribution in [3.63, 3.8) is 0 Å². The van der Waals surface area contributed by atoms with Gasteiger partial charge in [0.15, 0.2) is 0 Å². The quantitative estimate of drug-likeness (QED) is 0.519. The van der Waals surface area contributed by atoms with Gasteiger partial charge in [-0.15, -0.1) is 0 Å². The molecule has 2 amide bonds. The largest absolute Gasteiger partial charge is 0.322 e. The molecule has 0 atom stereocenters. The molecule has 0 saturated heterocycles. The summed E-state index contributed by atoms with van der Waals surface area (Å²) in [6.07, 6.45) is 6.17. The van der Waals surface area contributed by atoms with Crippen LogP contribution in [0.25, 0.3) is 0 Å². The Bertz CT molecular complexity index is 1160. The first kappa shape index (κ1) is 19.0. The van der Waals surface area contributed by atoms with E-state index < -0.39 is 0 Å². The van der Waals surface area contributed by atoms with Crippen LogP contribution in [0.5, 0.6) is 0 Å². The zero-order valence-corrected chi connectivity index (χ0v) is 15.9. The summed E-state index contributed by atoms with van der Waals surface area (Å²) in [5.74, 6) is -0.572. The average Bonchev–Trinajstić information content (AvgIpc) is 3.29. The molecule has 0 aliphatic rings. The molecule has 0 fully saturated rings. The van der Waals surface area contributed by atoms with Gasteiger partial charge in [-0.25, -0.2) is 9.67 Å². The SMILES string of the molecule is O=C(Nc1cccc(C(=O)Nc2ccccc2Cn2cncn2)c1)c1cccnc1. The van der Waals surface area contributed by atoms with E-state index in [1.165, 1.54) is 12.5 Å². The van der Waals surface area contributed by atoms with E-state index in [0.717, 1.165) is 5.56 Å². The highest BCUT2D eigenvalue weighted by molar-refractivity contribution is 6.07. The standard InChI is InChI=1S/C22H18N6O2/c29-21(27-20-9-2-1-5-18(20)13-28-15-24-14-25-28)16-6-3-8-19(11-16)26-22(30)17-7-4-10-23-12-17/h1-12,14-15H,13H2,(H,26,30)(H,27,29). The van der Waals surface area contributed by atoms with Gasteiger partial charge in [0.1, 0.15) is 12.7 Å². The van der Waals surface area contributed by atoms with E-state index in [9.17, 15) is 9.59 Å². The number of amides is 2. The van der Waals surface area contributed by atoms with Gasteiger partial charge in [0.05, 0.1) is 12.1 Å². The summed E-state index contributed by atoms with van der Waals surface area (Å²) in [4.78, 5) is 33.0. The second kappa shape index (κ2) is 8.78. The van der Waals surface area contributed by atoms with Crippen LogP contribution in [0.1, 0.15) is 26.3 Å². The molecule has 8 heteroatoms. The summed E-state index contributed by atoms with van der Waals surface area (Å²) in [7, 11) is 0. The first-order valence-corrected chi connectivity index (χ1v) is 9.22. The highest BCUT2D eigenvalue weighted by Crippen LogP contribution is 2.19. The molecule has 0 bridgehead atoms. The molecule has 0 radical (unpaired) electrons. The first-order valence-electron chi connectivity index (χ1n) is 9.22. The molecule has 0 spiro atoms. The van der Waals surface area contributed by atoms with Crippen LogP contribution in [0.15, 0.2) is 85.7 Å². The Labute approximate surface area is 172 Å².